The lowest BCUT2D eigenvalue weighted by Gasteiger charge is -2.26. The molecule has 1 amide bonds. The number of nitrogens with zero attached hydrogens (tertiary/aromatic N) is 2. The Balaban J connectivity index is 1.40. The highest BCUT2D eigenvalue weighted by molar-refractivity contribution is 5.77. The number of hydrogen-bond donors (Lipinski definition) is 1. The number of nitrogens with one attached hydrogen (secondary N) is 1. The van der Waals surface area contributed by atoms with E-state index < -0.39 is 4.92 Å². The highest BCUT2D eigenvalue weighted by Crippen LogP contribution is 2.25. The number of hydrogen-bond acceptors (Lipinski definition) is 5. The van der Waals surface area contributed by atoms with E-state index in [1.807, 2.05) is 0 Å². The van der Waals surface area contributed by atoms with Crippen molar-refractivity contribution in [2.24, 2.45) is 0 Å². The molecule has 2 aliphatic rings. The fourth-order valence-electron chi connectivity index (χ4n) is 3.94. The molecule has 1 saturated carbocycles. The van der Waals surface area contributed by atoms with Crippen LogP contribution in [0.2, 0.25) is 0 Å². The third kappa shape index (κ3) is 5.17. The molecule has 142 valence electrons. The topological polar surface area (TPSA) is 84.7 Å². The van der Waals surface area contributed by atoms with E-state index >= 15 is 0 Å². The van der Waals surface area contributed by atoms with Crippen LogP contribution in [0.5, 0.6) is 5.75 Å². The second kappa shape index (κ2) is 8.98. The van der Waals surface area contributed by atoms with Gasteiger partial charge in [0.15, 0.2) is 6.61 Å². The largest absolute Gasteiger partial charge is 0.484 e. The quantitative estimate of drug-likeness (QED) is 0.478. The molecule has 2 fully saturated rings. The fourth-order valence-corrected chi connectivity index (χ4v) is 3.94. The van der Waals surface area contributed by atoms with E-state index in [4.69, 9.17) is 4.74 Å². The average molecular weight is 361 g/mol. The monoisotopic (exact) mass is 361 g/mol. The first kappa shape index (κ1) is 18.6. The van der Waals surface area contributed by atoms with E-state index in [0.717, 1.165) is 19.5 Å². The molecule has 1 saturated heterocycles. The second-order valence-electron chi connectivity index (χ2n) is 7.23. The van der Waals surface area contributed by atoms with Gasteiger partial charge in [-0.2, -0.15) is 0 Å². The summed E-state index contributed by atoms with van der Waals surface area (Å²) < 4.78 is 5.42. The van der Waals surface area contributed by atoms with Crippen molar-refractivity contribution in [1.29, 1.82) is 0 Å². The van der Waals surface area contributed by atoms with Crippen LogP contribution in [-0.4, -0.2) is 47.5 Å². The van der Waals surface area contributed by atoms with E-state index in [2.05, 4.69) is 10.2 Å². The van der Waals surface area contributed by atoms with E-state index in [0.29, 0.717) is 11.8 Å². The Morgan fingerprint density at radius 1 is 1.15 bits per heavy atom. The normalized spacial score (nSPS) is 21.9. The lowest BCUT2D eigenvalue weighted by atomic mass is 10.1. The minimum absolute atomic E-state index is 0.00589. The molecule has 7 heteroatoms. The molecule has 3 rings (SSSR count). The molecule has 1 unspecified atom stereocenters. The zero-order valence-electron chi connectivity index (χ0n) is 15.1. The number of rotatable bonds is 6. The number of carbonyl (C=O) groups excluding carboxylic acids is 1. The Bertz CT molecular complexity index is 612. The highest BCUT2D eigenvalue weighted by atomic mass is 16.6. The highest BCUT2D eigenvalue weighted by Gasteiger charge is 2.29. The van der Waals surface area contributed by atoms with Crippen LogP contribution in [0.25, 0.3) is 0 Å². The lowest BCUT2D eigenvalue weighted by Crippen LogP contribution is -2.41. The van der Waals surface area contributed by atoms with Gasteiger partial charge in [0, 0.05) is 37.3 Å². The van der Waals surface area contributed by atoms with Gasteiger partial charge in [-0.3, -0.25) is 19.8 Å². The molecule has 1 N–H and O–H groups in total. The van der Waals surface area contributed by atoms with Crippen LogP contribution >= 0.6 is 0 Å². The summed E-state index contributed by atoms with van der Waals surface area (Å²) in [4.78, 5) is 24.8. The second-order valence-corrected chi connectivity index (χ2v) is 7.23. The minimum Gasteiger partial charge on any atom is -0.484 e. The molecule has 1 aromatic rings. The minimum atomic E-state index is -0.462. The molecule has 1 aromatic carbocycles. The SMILES string of the molecule is O=C(COc1ccc([N+](=O)[O-])cc1)NC1CCN(C2CCCCCC2)C1. The van der Waals surface area contributed by atoms with Crippen molar-refractivity contribution in [3.8, 4) is 5.75 Å². The van der Waals surface area contributed by atoms with Gasteiger partial charge in [0.2, 0.25) is 0 Å². The maximum atomic E-state index is 12.1. The average Bonchev–Trinajstić information content (AvgIpc) is 2.92. The van der Waals surface area contributed by atoms with E-state index in [9.17, 15) is 14.9 Å². The van der Waals surface area contributed by atoms with Gasteiger partial charge < -0.3 is 10.1 Å². The van der Waals surface area contributed by atoms with Gasteiger partial charge in [-0.05, 0) is 31.4 Å². The molecule has 0 aromatic heterocycles. The molecule has 26 heavy (non-hydrogen) atoms. The van der Waals surface area contributed by atoms with Crippen LogP contribution in [0.15, 0.2) is 24.3 Å². The maximum Gasteiger partial charge on any atom is 0.269 e. The standard InChI is InChI=1S/C19H27N3O4/c23-19(14-26-18-9-7-17(8-10-18)22(24)25)20-15-11-12-21(13-15)16-5-3-1-2-4-6-16/h7-10,15-16H,1-6,11-14H2,(H,20,23). The third-order valence-electron chi connectivity index (χ3n) is 5.34. The zero-order valence-corrected chi connectivity index (χ0v) is 15.1. The van der Waals surface area contributed by atoms with Gasteiger partial charge in [-0.15, -0.1) is 0 Å². The van der Waals surface area contributed by atoms with Crippen molar-refractivity contribution in [1.82, 2.24) is 10.2 Å². The lowest BCUT2D eigenvalue weighted by molar-refractivity contribution is -0.384. The van der Waals surface area contributed by atoms with E-state index in [1.165, 1.54) is 62.8 Å². The van der Waals surface area contributed by atoms with Gasteiger partial charge in [0.1, 0.15) is 5.75 Å². The van der Waals surface area contributed by atoms with Gasteiger partial charge >= 0.3 is 0 Å². The first-order chi connectivity index (χ1) is 12.6. The van der Waals surface area contributed by atoms with Gasteiger partial charge in [0.25, 0.3) is 11.6 Å². The van der Waals surface area contributed by atoms with E-state index in [-0.39, 0.29) is 24.2 Å². The molecule has 0 bridgehead atoms. The summed E-state index contributed by atoms with van der Waals surface area (Å²) in [5.74, 6) is 0.313. The Labute approximate surface area is 153 Å². The predicted molar refractivity (Wildman–Crippen MR) is 98.2 cm³/mol. The molecule has 1 atom stereocenters. The number of benzene rings is 1. The number of amides is 1. The van der Waals surface area contributed by atoms with Crippen molar-refractivity contribution in [2.45, 2.75) is 57.0 Å². The molecule has 1 aliphatic carbocycles. The summed E-state index contributed by atoms with van der Waals surface area (Å²) in [6.07, 6.45) is 8.89. The van der Waals surface area contributed by atoms with Crippen LogP contribution in [0, 0.1) is 10.1 Å². The zero-order chi connectivity index (χ0) is 18.4. The Kier molecular flexibility index (Phi) is 6.44. The van der Waals surface area contributed by atoms with E-state index in [1.54, 1.807) is 0 Å². The molecular formula is C19H27N3O4. The Hall–Kier alpha value is -2.15. The first-order valence-electron chi connectivity index (χ1n) is 9.52. The smallest absolute Gasteiger partial charge is 0.269 e. The van der Waals surface area contributed by atoms with Crippen molar-refractivity contribution >= 4 is 11.6 Å². The third-order valence-corrected chi connectivity index (χ3v) is 5.34. The molecule has 7 nitrogen and oxygen atoms in total. The summed E-state index contributed by atoms with van der Waals surface area (Å²) in [7, 11) is 0. The molecule has 0 spiro atoms. The first-order valence-corrected chi connectivity index (χ1v) is 9.52. The summed E-state index contributed by atoms with van der Waals surface area (Å²) in [5.41, 5.74) is 0.00589. The number of nitro benzene ring substituents is 1. The van der Waals surface area contributed by atoms with Crippen molar-refractivity contribution in [3.63, 3.8) is 0 Å². The predicted octanol–water partition coefficient (Wildman–Crippen LogP) is 2.89. The van der Waals surface area contributed by atoms with Gasteiger partial charge in [-0.25, -0.2) is 0 Å². The summed E-state index contributed by atoms with van der Waals surface area (Å²) in [6, 6.07) is 6.62. The van der Waals surface area contributed by atoms with Crippen molar-refractivity contribution < 1.29 is 14.5 Å². The number of ether oxygens (including phenoxy) is 1. The molecular weight excluding hydrogens is 334 g/mol. The number of carbonyl (C=O) groups is 1. The number of non-ortho nitro benzene ring substituents is 1. The van der Waals surface area contributed by atoms with Crippen LogP contribution < -0.4 is 10.1 Å². The van der Waals surface area contributed by atoms with Crippen molar-refractivity contribution in [3.05, 3.63) is 34.4 Å². The van der Waals surface area contributed by atoms with Crippen LogP contribution in [0.3, 0.4) is 0 Å². The number of likely N-dealkylation sites (tertiary alicyclic amines) is 1. The van der Waals surface area contributed by atoms with Gasteiger partial charge in [-0.1, -0.05) is 25.7 Å². The molecule has 0 radical (unpaired) electrons. The summed E-state index contributed by atoms with van der Waals surface area (Å²) in [5, 5.41) is 13.7. The van der Waals surface area contributed by atoms with Crippen molar-refractivity contribution in [2.75, 3.05) is 19.7 Å². The maximum absolute atomic E-state index is 12.1. The van der Waals surface area contributed by atoms with Crippen LogP contribution in [0.1, 0.15) is 44.9 Å². The fraction of sp³-hybridized carbons (Fsp3) is 0.632. The van der Waals surface area contributed by atoms with Gasteiger partial charge in [0.05, 0.1) is 4.92 Å². The van der Waals surface area contributed by atoms with Crippen LogP contribution in [-0.2, 0) is 4.79 Å². The Morgan fingerprint density at radius 2 is 1.85 bits per heavy atom. The number of nitro groups is 1. The summed E-state index contributed by atoms with van der Waals surface area (Å²) >= 11 is 0. The Morgan fingerprint density at radius 3 is 2.50 bits per heavy atom. The van der Waals surface area contributed by atoms with Crippen LogP contribution in [0.4, 0.5) is 5.69 Å². The molecule has 1 heterocycles. The summed E-state index contributed by atoms with van der Waals surface area (Å²) in [6.45, 7) is 1.91. The molecule has 1 aliphatic heterocycles.